The molecule has 0 amide bonds. The lowest BCUT2D eigenvalue weighted by atomic mass is 9.94. The smallest absolute Gasteiger partial charge is 0.306 e. The number of aryl methyl sites for hydroxylation is 2. The summed E-state index contributed by atoms with van der Waals surface area (Å²) in [5.74, 6) is 1.26. The molecule has 4 rings (SSSR count). The number of hydrogen-bond donors (Lipinski definition) is 1. The molecule has 220 valence electrons. The van der Waals surface area contributed by atoms with E-state index in [0.29, 0.717) is 57.1 Å². The van der Waals surface area contributed by atoms with Gasteiger partial charge in [0, 0.05) is 51.0 Å². The van der Waals surface area contributed by atoms with Crippen LogP contribution in [0.4, 0.5) is 14.6 Å². The zero-order chi connectivity index (χ0) is 28.4. The number of anilines is 1. The predicted molar refractivity (Wildman–Crippen MR) is 149 cm³/mol. The molecule has 1 aromatic carbocycles. The normalized spacial score (nSPS) is 19.5. The van der Waals surface area contributed by atoms with Gasteiger partial charge in [-0.05, 0) is 61.4 Å². The topological polar surface area (TPSA) is 82.2 Å². The Labute approximate surface area is 235 Å². The van der Waals surface area contributed by atoms with Crippen molar-refractivity contribution in [3.8, 4) is 11.5 Å². The average Bonchev–Trinajstić information content (AvgIpc) is 3.35. The first-order chi connectivity index (χ1) is 19.4. The average molecular weight is 562 g/mol. The molecule has 3 heterocycles. The molecule has 0 bridgehead atoms. The molecule has 2 aliphatic heterocycles. The number of esters is 1. The third kappa shape index (κ3) is 8.51. The number of carbonyl (C=O) groups excluding carboxylic acids is 1. The van der Waals surface area contributed by atoms with Crippen LogP contribution in [0.5, 0.6) is 11.5 Å². The van der Waals surface area contributed by atoms with Crippen LogP contribution in [0.25, 0.3) is 0 Å². The van der Waals surface area contributed by atoms with Crippen molar-refractivity contribution in [2.24, 2.45) is 0 Å². The standard InChI is InChI=1S/C30H41F2N3O5/c1-37-14-15-40-27-17-23(16-26(19-27)39-13-10-31)24(18-28(36)38-2)20-35-12-9-30(32,21-35)8-7-25-6-5-22-4-3-11-33-29(22)34-25/h5-6,16-17,19,24H,3-4,7-15,18,20-21H2,1-2H3,(H,33,34)/t24?,30-/m0/s1. The summed E-state index contributed by atoms with van der Waals surface area (Å²) in [5, 5.41) is 3.34. The van der Waals surface area contributed by atoms with Crippen LogP contribution in [0.3, 0.4) is 0 Å². The number of hydrogen-bond acceptors (Lipinski definition) is 8. The number of likely N-dealkylation sites (tertiary alicyclic amines) is 1. The Morgan fingerprint density at radius 2 is 1.95 bits per heavy atom. The summed E-state index contributed by atoms with van der Waals surface area (Å²) in [5.41, 5.74) is 1.58. The summed E-state index contributed by atoms with van der Waals surface area (Å²) in [4.78, 5) is 19.1. The number of nitrogens with one attached hydrogen (secondary N) is 1. The van der Waals surface area contributed by atoms with Gasteiger partial charge in [-0.1, -0.05) is 6.07 Å². The third-order valence-corrected chi connectivity index (χ3v) is 7.56. The van der Waals surface area contributed by atoms with Gasteiger partial charge in [-0.15, -0.1) is 0 Å². The van der Waals surface area contributed by atoms with Gasteiger partial charge in [0.2, 0.25) is 0 Å². The van der Waals surface area contributed by atoms with E-state index in [1.165, 1.54) is 12.7 Å². The molecule has 1 saturated heterocycles. The maximum absolute atomic E-state index is 15.9. The van der Waals surface area contributed by atoms with Crippen molar-refractivity contribution < 1.29 is 32.5 Å². The molecule has 1 aromatic heterocycles. The predicted octanol–water partition coefficient (Wildman–Crippen LogP) is 4.51. The fourth-order valence-electron chi connectivity index (χ4n) is 5.42. The maximum atomic E-state index is 15.9. The Hall–Kier alpha value is -2.98. The first-order valence-electron chi connectivity index (χ1n) is 14.1. The number of ether oxygens (including phenoxy) is 4. The van der Waals surface area contributed by atoms with Gasteiger partial charge in [0.05, 0.1) is 20.1 Å². The van der Waals surface area contributed by atoms with E-state index in [4.69, 9.17) is 23.9 Å². The highest BCUT2D eigenvalue weighted by atomic mass is 19.1. The highest BCUT2D eigenvalue weighted by Crippen LogP contribution is 2.35. The van der Waals surface area contributed by atoms with Crippen LogP contribution in [-0.2, 0) is 27.1 Å². The van der Waals surface area contributed by atoms with Gasteiger partial charge >= 0.3 is 5.97 Å². The van der Waals surface area contributed by atoms with Crippen molar-refractivity contribution >= 4 is 11.8 Å². The van der Waals surface area contributed by atoms with Gasteiger partial charge in [-0.3, -0.25) is 9.69 Å². The quantitative estimate of drug-likeness (QED) is 0.251. The van der Waals surface area contributed by atoms with Gasteiger partial charge in [0.1, 0.15) is 42.9 Å². The number of alkyl halides is 2. The zero-order valence-electron chi connectivity index (χ0n) is 23.6. The minimum absolute atomic E-state index is 0.0890. The summed E-state index contributed by atoms with van der Waals surface area (Å²) < 4.78 is 50.1. The number of halogens is 2. The second-order valence-electron chi connectivity index (χ2n) is 10.6. The maximum Gasteiger partial charge on any atom is 0.306 e. The SMILES string of the molecule is COCCOc1cc(OCCF)cc(C(CC(=O)OC)CN2CC[C@@](F)(CCc3ccc4c(n3)NCCC4)C2)c1. The van der Waals surface area contributed by atoms with Gasteiger partial charge < -0.3 is 24.3 Å². The number of pyridine rings is 1. The molecule has 1 N–H and O–H groups in total. The highest BCUT2D eigenvalue weighted by Gasteiger charge is 2.39. The van der Waals surface area contributed by atoms with Gasteiger partial charge in [0.15, 0.2) is 0 Å². The van der Waals surface area contributed by atoms with Crippen LogP contribution < -0.4 is 14.8 Å². The molecular formula is C30H41F2N3O5. The van der Waals surface area contributed by atoms with Crippen molar-refractivity contribution in [3.05, 3.63) is 47.2 Å². The Morgan fingerprint density at radius 3 is 2.70 bits per heavy atom. The molecule has 40 heavy (non-hydrogen) atoms. The highest BCUT2D eigenvalue weighted by molar-refractivity contribution is 5.70. The Morgan fingerprint density at radius 1 is 1.15 bits per heavy atom. The summed E-state index contributed by atoms with van der Waals surface area (Å²) in [6, 6.07) is 9.45. The molecule has 10 heteroatoms. The summed E-state index contributed by atoms with van der Waals surface area (Å²) in [6.45, 7) is 2.27. The zero-order valence-corrected chi connectivity index (χ0v) is 23.6. The molecule has 2 aromatic rings. The third-order valence-electron chi connectivity index (χ3n) is 7.56. The fraction of sp³-hybridized carbons (Fsp3) is 0.600. The molecule has 0 saturated carbocycles. The van der Waals surface area contributed by atoms with Crippen molar-refractivity contribution in [2.75, 3.05) is 72.2 Å². The summed E-state index contributed by atoms with van der Waals surface area (Å²) in [7, 11) is 2.94. The molecule has 0 spiro atoms. The van der Waals surface area contributed by atoms with E-state index in [9.17, 15) is 9.18 Å². The molecule has 2 atom stereocenters. The number of rotatable bonds is 15. The second kappa shape index (κ2) is 14.6. The minimum Gasteiger partial charge on any atom is -0.491 e. The lowest BCUT2D eigenvalue weighted by molar-refractivity contribution is -0.141. The molecule has 2 aliphatic rings. The van der Waals surface area contributed by atoms with Gasteiger partial charge in [-0.2, -0.15) is 0 Å². The van der Waals surface area contributed by atoms with E-state index in [1.54, 1.807) is 19.2 Å². The number of methoxy groups -OCH3 is 2. The van der Waals surface area contributed by atoms with Crippen molar-refractivity contribution in [3.63, 3.8) is 0 Å². The summed E-state index contributed by atoms with van der Waals surface area (Å²) in [6.07, 6.45) is 3.62. The molecule has 1 unspecified atom stereocenters. The van der Waals surface area contributed by atoms with Crippen LogP contribution in [-0.4, -0.2) is 88.4 Å². The second-order valence-corrected chi connectivity index (χ2v) is 10.6. The Bertz CT molecular complexity index is 1120. The van der Waals surface area contributed by atoms with E-state index in [2.05, 4.69) is 16.3 Å². The van der Waals surface area contributed by atoms with E-state index in [1.807, 2.05) is 12.1 Å². The van der Waals surface area contributed by atoms with Gasteiger partial charge in [-0.25, -0.2) is 13.8 Å². The van der Waals surface area contributed by atoms with E-state index >= 15 is 4.39 Å². The van der Waals surface area contributed by atoms with Crippen molar-refractivity contribution in [2.45, 2.75) is 50.1 Å². The lowest BCUT2D eigenvalue weighted by Gasteiger charge is -2.26. The lowest BCUT2D eigenvalue weighted by Crippen LogP contribution is -2.33. The van der Waals surface area contributed by atoms with Crippen LogP contribution in [0.1, 0.15) is 48.4 Å². The van der Waals surface area contributed by atoms with Crippen LogP contribution in [0.2, 0.25) is 0 Å². The largest absolute Gasteiger partial charge is 0.491 e. The molecule has 1 fully saturated rings. The summed E-state index contributed by atoms with van der Waals surface area (Å²) >= 11 is 0. The van der Waals surface area contributed by atoms with Crippen molar-refractivity contribution in [1.29, 1.82) is 0 Å². The number of nitrogens with zero attached hydrogens (tertiary/aromatic N) is 2. The number of fused-ring (bicyclic) bond motifs is 1. The molecule has 0 aliphatic carbocycles. The fourth-order valence-corrected chi connectivity index (χ4v) is 5.42. The molecule has 0 radical (unpaired) electrons. The van der Waals surface area contributed by atoms with E-state index in [0.717, 1.165) is 36.5 Å². The first kappa shape index (κ1) is 30.0. The molecular weight excluding hydrogens is 520 g/mol. The van der Waals surface area contributed by atoms with Crippen molar-refractivity contribution in [1.82, 2.24) is 9.88 Å². The van der Waals surface area contributed by atoms with Crippen LogP contribution in [0.15, 0.2) is 30.3 Å². The molecule has 8 nitrogen and oxygen atoms in total. The first-order valence-corrected chi connectivity index (χ1v) is 14.1. The number of carbonyl (C=O) groups is 1. The number of aromatic nitrogens is 1. The van der Waals surface area contributed by atoms with Crippen LogP contribution in [0, 0.1) is 0 Å². The van der Waals surface area contributed by atoms with Gasteiger partial charge in [0.25, 0.3) is 0 Å². The van der Waals surface area contributed by atoms with E-state index < -0.39 is 12.3 Å². The van der Waals surface area contributed by atoms with E-state index in [-0.39, 0.29) is 31.5 Å². The Kier molecular flexibility index (Phi) is 10.9. The number of benzene rings is 1. The van der Waals surface area contributed by atoms with Crippen LogP contribution >= 0.6 is 0 Å². The monoisotopic (exact) mass is 561 g/mol. The Balaban J connectivity index is 1.43. The minimum atomic E-state index is -1.33.